The van der Waals surface area contributed by atoms with E-state index in [1.165, 1.54) is 23.5 Å². The van der Waals surface area contributed by atoms with Crippen LogP contribution in [0.15, 0.2) is 59.5 Å². The van der Waals surface area contributed by atoms with Crippen molar-refractivity contribution in [3.8, 4) is 5.75 Å². The second-order valence-electron chi connectivity index (χ2n) is 11.1. The zero-order chi connectivity index (χ0) is 29.3. The first-order valence-electron chi connectivity index (χ1n) is 14.0. The average Bonchev–Trinajstić information content (AvgIpc) is 2.92. The maximum Gasteiger partial charge on any atom is 0.249 e. The second kappa shape index (κ2) is 14.4. The molecule has 1 saturated heterocycles. The molecule has 2 aromatic rings. The molecule has 2 aromatic carbocycles. The molecule has 1 heterocycles. The fraction of sp³-hybridized carbons (Fsp3) is 0.567. The van der Waals surface area contributed by atoms with E-state index < -0.39 is 39.8 Å². The molecule has 0 unspecified atom stereocenters. The van der Waals surface area contributed by atoms with Gasteiger partial charge in [-0.25, -0.2) is 8.42 Å². The van der Waals surface area contributed by atoms with Crippen LogP contribution in [0, 0.1) is 5.92 Å². The highest BCUT2D eigenvalue weighted by Crippen LogP contribution is 2.29. The SMILES string of the molecule is CCC[C@]1(O)CCO[C@H](C(=O)N[C@@H](Cc2ccccc2)[C@H](O)CN(CC(C)C)S(=O)(=O)c2ccc(OC)cc2)C1. The highest BCUT2D eigenvalue weighted by Gasteiger charge is 2.39. The zero-order valence-electron chi connectivity index (χ0n) is 24.0. The van der Waals surface area contributed by atoms with Crippen LogP contribution < -0.4 is 10.1 Å². The number of amides is 1. The van der Waals surface area contributed by atoms with Crippen LogP contribution >= 0.6 is 0 Å². The quantitative estimate of drug-likeness (QED) is 0.316. The molecule has 9 nitrogen and oxygen atoms in total. The zero-order valence-corrected chi connectivity index (χ0v) is 24.8. The van der Waals surface area contributed by atoms with Gasteiger partial charge >= 0.3 is 0 Å². The van der Waals surface area contributed by atoms with E-state index in [9.17, 15) is 23.4 Å². The number of carbonyl (C=O) groups is 1. The lowest BCUT2D eigenvalue weighted by Gasteiger charge is -2.37. The number of rotatable bonds is 14. The number of hydrogen-bond donors (Lipinski definition) is 3. The molecular weight excluding hydrogens is 532 g/mol. The van der Waals surface area contributed by atoms with Crippen molar-refractivity contribution < 1.29 is 32.9 Å². The molecule has 4 atom stereocenters. The van der Waals surface area contributed by atoms with Gasteiger partial charge in [-0.1, -0.05) is 57.5 Å². The van der Waals surface area contributed by atoms with E-state index in [0.717, 1.165) is 12.0 Å². The predicted octanol–water partition coefficient (Wildman–Crippen LogP) is 3.14. The van der Waals surface area contributed by atoms with Crippen molar-refractivity contribution >= 4 is 15.9 Å². The molecule has 1 aliphatic heterocycles. The standard InChI is InChI=1S/C30H44N2O7S/c1-5-15-30(35)16-17-39-28(19-30)29(34)31-26(18-23-9-7-6-8-10-23)27(33)21-32(20-22(2)3)40(36,37)25-13-11-24(38-4)12-14-25/h6-14,22,26-28,33,35H,5,15-21H2,1-4H3,(H,31,34)/t26-,27+,28-,30-/m0/s1. The molecule has 0 spiro atoms. The summed E-state index contributed by atoms with van der Waals surface area (Å²) in [5, 5.41) is 25.3. The van der Waals surface area contributed by atoms with Crippen LogP contribution in [-0.2, 0) is 26.0 Å². The Morgan fingerprint density at radius 2 is 1.82 bits per heavy atom. The smallest absolute Gasteiger partial charge is 0.249 e. The molecule has 0 saturated carbocycles. The van der Waals surface area contributed by atoms with Gasteiger partial charge < -0.3 is 25.0 Å². The summed E-state index contributed by atoms with van der Waals surface area (Å²) >= 11 is 0. The fourth-order valence-corrected chi connectivity index (χ4v) is 6.72. The maximum absolute atomic E-state index is 13.6. The lowest BCUT2D eigenvalue weighted by Crippen LogP contribution is -2.55. The van der Waals surface area contributed by atoms with Gasteiger partial charge in [-0.05, 0) is 55.0 Å². The third-order valence-electron chi connectivity index (χ3n) is 7.21. The lowest BCUT2D eigenvalue weighted by atomic mass is 9.86. The molecule has 1 fully saturated rings. The molecule has 222 valence electrons. The summed E-state index contributed by atoms with van der Waals surface area (Å²) in [6, 6.07) is 14.7. The molecule has 1 amide bonds. The minimum atomic E-state index is -3.95. The van der Waals surface area contributed by atoms with Gasteiger partial charge in [0.05, 0.1) is 36.4 Å². The first kappa shape index (κ1) is 32.0. The Morgan fingerprint density at radius 1 is 1.15 bits per heavy atom. The van der Waals surface area contributed by atoms with Gasteiger partial charge in [0.1, 0.15) is 11.9 Å². The van der Waals surface area contributed by atoms with Crippen molar-refractivity contribution in [1.29, 1.82) is 0 Å². The van der Waals surface area contributed by atoms with Gasteiger partial charge in [0.25, 0.3) is 0 Å². The van der Waals surface area contributed by atoms with E-state index >= 15 is 0 Å². The Kier molecular flexibility index (Phi) is 11.5. The Labute approximate surface area is 238 Å². The molecule has 10 heteroatoms. The third kappa shape index (κ3) is 8.75. The Balaban J connectivity index is 1.84. The second-order valence-corrected chi connectivity index (χ2v) is 13.0. The molecule has 0 aromatic heterocycles. The average molecular weight is 577 g/mol. The third-order valence-corrected chi connectivity index (χ3v) is 9.05. The number of nitrogens with one attached hydrogen (secondary N) is 1. The topological polar surface area (TPSA) is 125 Å². The van der Waals surface area contributed by atoms with Gasteiger partial charge in [0, 0.05) is 19.5 Å². The van der Waals surface area contributed by atoms with Crippen molar-refractivity contribution in [1.82, 2.24) is 9.62 Å². The van der Waals surface area contributed by atoms with Crippen molar-refractivity contribution in [3.63, 3.8) is 0 Å². The van der Waals surface area contributed by atoms with Crippen LogP contribution in [0.25, 0.3) is 0 Å². The van der Waals surface area contributed by atoms with Gasteiger partial charge in [-0.3, -0.25) is 4.79 Å². The number of sulfonamides is 1. The Bertz CT molecular complexity index is 1170. The van der Waals surface area contributed by atoms with E-state index in [0.29, 0.717) is 18.6 Å². The summed E-state index contributed by atoms with van der Waals surface area (Å²) < 4.78 is 39.4. The molecule has 0 radical (unpaired) electrons. The molecule has 0 aliphatic carbocycles. The Hall–Kier alpha value is -2.50. The summed E-state index contributed by atoms with van der Waals surface area (Å²) in [6.07, 6.45) is 0.218. The van der Waals surface area contributed by atoms with E-state index in [2.05, 4.69) is 5.32 Å². The molecule has 1 aliphatic rings. The van der Waals surface area contributed by atoms with Crippen LogP contribution in [0.2, 0.25) is 0 Å². The molecule has 40 heavy (non-hydrogen) atoms. The number of methoxy groups -OCH3 is 1. The normalized spacial score (nSPS) is 21.2. The predicted molar refractivity (Wildman–Crippen MR) is 154 cm³/mol. The lowest BCUT2D eigenvalue weighted by molar-refractivity contribution is -0.151. The van der Waals surface area contributed by atoms with Gasteiger partial charge in [-0.15, -0.1) is 0 Å². The van der Waals surface area contributed by atoms with E-state index in [1.54, 1.807) is 12.1 Å². The van der Waals surface area contributed by atoms with Gasteiger partial charge in [-0.2, -0.15) is 4.31 Å². The molecule has 3 rings (SSSR count). The summed E-state index contributed by atoms with van der Waals surface area (Å²) in [7, 11) is -2.44. The van der Waals surface area contributed by atoms with E-state index in [1.807, 2.05) is 51.1 Å². The number of hydrogen-bond acceptors (Lipinski definition) is 7. The molecular formula is C30H44N2O7S. The highest BCUT2D eigenvalue weighted by atomic mass is 32.2. The van der Waals surface area contributed by atoms with E-state index in [4.69, 9.17) is 9.47 Å². The maximum atomic E-state index is 13.6. The van der Waals surface area contributed by atoms with Gasteiger partial charge in [0.15, 0.2) is 0 Å². The first-order chi connectivity index (χ1) is 19.0. The van der Waals surface area contributed by atoms with Crippen molar-refractivity contribution in [2.24, 2.45) is 5.92 Å². The number of ether oxygens (including phenoxy) is 2. The number of benzene rings is 2. The van der Waals surface area contributed by atoms with Crippen molar-refractivity contribution in [3.05, 3.63) is 60.2 Å². The minimum absolute atomic E-state index is 0.00531. The largest absolute Gasteiger partial charge is 0.497 e. The molecule has 0 bridgehead atoms. The van der Waals surface area contributed by atoms with Crippen LogP contribution in [-0.4, -0.2) is 79.5 Å². The van der Waals surface area contributed by atoms with Crippen molar-refractivity contribution in [2.45, 2.75) is 81.6 Å². The summed E-state index contributed by atoms with van der Waals surface area (Å²) in [5.41, 5.74) is -0.0874. The van der Waals surface area contributed by atoms with E-state index in [-0.39, 0.29) is 43.4 Å². The number of aliphatic hydroxyl groups excluding tert-OH is 1. The van der Waals surface area contributed by atoms with Crippen LogP contribution in [0.5, 0.6) is 5.75 Å². The summed E-state index contributed by atoms with van der Waals surface area (Å²) in [5.74, 6) is 0.104. The first-order valence-corrected chi connectivity index (χ1v) is 15.4. The monoisotopic (exact) mass is 576 g/mol. The number of aliphatic hydroxyl groups is 2. The van der Waals surface area contributed by atoms with Gasteiger partial charge in [0.2, 0.25) is 15.9 Å². The Morgan fingerprint density at radius 3 is 2.42 bits per heavy atom. The number of nitrogens with zero attached hydrogens (tertiary/aromatic N) is 1. The molecule has 3 N–H and O–H groups in total. The fourth-order valence-electron chi connectivity index (χ4n) is 5.10. The highest BCUT2D eigenvalue weighted by molar-refractivity contribution is 7.89. The van der Waals surface area contributed by atoms with Crippen LogP contribution in [0.4, 0.5) is 0 Å². The number of carbonyl (C=O) groups excluding carboxylic acids is 1. The van der Waals surface area contributed by atoms with Crippen LogP contribution in [0.3, 0.4) is 0 Å². The summed E-state index contributed by atoms with van der Waals surface area (Å²) in [6.45, 7) is 6.04. The van der Waals surface area contributed by atoms with Crippen LogP contribution in [0.1, 0.15) is 52.0 Å². The minimum Gasteiger partial charge on any atom is -0.497 e. The summed E-state index contributed by atoms with van der Waals surface area (Å²) in [4.78, 5) is 13.4. The van der Waals surface area contributed by atoms with Crippen molar-refractivity contribution in [2.75, 3.05) is 26.8 Å².